The Labute approximate surface area is 117 Å². The number of carbonyl (C=O) groups excluding carboxylic acids is 2. The van der Waals surface area contributed by atoms with Crippen LogP contribution < -0.4 is 0 Å². The number of hydrogen-bond acceptors (Lipinski definition) is 3. The van der Waals surface area contributed by atoms with Crippen molar-refractivity contribution in [1.82, 2.24) is 0 Å². The number of hydrogen-bond donors (Lipinski definition) is 0. The molecule has 0 amide bonds. The van der Waals surface area contributed by atoms with Crippen molar-refractivity contribution in [2.24, 2.45) is 0 Å². The fraction of sp³-hybridized carbons (Fsp3) is 0.0588. The molecule has 0 bridgehead atoms. The zero-order chi connectivity index (χ0) is 14.4. The van der Waals surface area contributed by atoms with Crippen LogP contribution >= 0.6 is 0 Å². The normalized spacial score (nSPS) is 10.9. The summed E-state index contributed by atoms with van der Waals surface area (Å²) < 4.78 is 4.74. The zero-order valence-electron chi connectivity index (χ0n) is 11.1. The maximum atomic E-state index is 12.2. The largest absolute Gasteiger partial charge is 0.465 e. The Morgan fingerprint density at radius 3 is 1.85 bits per heavy atom. The van der Waals surface area contributed by atoms with E-state index in [-0.39, 0.29) is 11.4 Å². The van der Waals surface area contributed by atoms with E-state index in [2.05, 4.69) is 0 Å². The van der Waals surface area contributed by atoms with Gasteiger partial charge in [-0.3, -0.25) is 4.79 Å². The van der Waals surface area contributed by atoms with Crippen LogP contribution in [-0.2, 0) is 9.53 Å². The van der Waals surface area contributed by atoms with Crippen molar-refractivity contribution in [1.29, 1.82) is 0 Å². The second kappa shape index (κ2) is 6.48. The lowest BCUT2D eigenvalue weighted by molar-refractivity contribution is -0.133. The molecular weight excluding hydrogens is 252 g/mol. The van der Waals surface area contributed by atoms with Gasteiger partial charge >= 0.3 is 5.97 Å². The van der Waals surface area contributed by atoms with Gasteiger partial charge in [0.15, 0.2) is 5.78 Å². The second-order valence-corrected chi connectivity index (χ2v) is 4.15. The van der Waals surface area contributed by atoms with Gasteiger partial charge < -0.3 is 4.74 Å². The lowest BCUT2D eigenvalue weighted by Gasteiger charge is -2.05. The predicted octanol–water partition coefficient (Wildman–Crippen LogP) is 3.13. The number of ketones is 1. The Kier molecular flexibility index (Phi) is 4.45. The fourth-order valence-corrected chi connectivity index (χ4v) is 1.80. The average molecular weight is 266 g/mol. The van der Waals surface area contributed by atoms with Crippen LogP contribution in [0.25, 0.3) is 5.57 Å². The Balaban J connectivity index is 2.40. The Hall–Kier alpha value is -2.68. The molecular formula is C17H14O3. The molecule has 0 N–H and O–H groups in total. The molecule has 0 radical (unpaired) electrons. The van der Waals surface area contributed by atoms with E-state index in [0.717, 1.165) is 0 Å². The lowest BCUT2D eigenvalue weighted by atomic mass is 10.0. The fourth-order valence-electron chi connectivity index (χ4n) is 1.80. The summed E-state index contributed by atoms with van der Waals surface area (Å²) in [5, 5.41) is 0. The molecule has 0 spiro atoms. The van der Waals surface area contributed by atoms with E-state index in [1.54, 1.807) is 48.5 Å². The molecule has 0 aliphatic rings. The summed E-state index contributed by atoms with van der Waals surface area (Å²) in [7, 11) is 1.30. The third-order valence-electron chi connectivity index (χ3n) is 2.82. The van der Waals surface area contributed by atoms with Gasteiger partial charge in [-0.25, -0.2) is 4.79 Å². The first kappa shape index (κ1) is 13.7. The molecule has 0 fully saturated rings. The number of rotatable bonds is 4. The highest BCUT2D eigenvalue weighted by Gasteiger charge is 2.14. The van der Waals surface area contributed by atoms with Crippen LogP contribution in [0.15, 0.2) is 66.7 Å². The van der Waals surface area contributed by atoms with E-state index >= 15 is 0 Å². The molecule has 3 heteroatoms. The highest BCUT2D eigenvalue weighted by molar-refractivity contribution is 6.23. The van der Waals surface area contributed by atoms with Crippen LogP contribution in [0.1, 0.15) is 15.9 Å². The summed E-state index contributed by atoms with van der Waals surface area (Å²) in [4.78, 5) is 24.0. The molecule has 2 aromatic rings. The third kappa shape index (κ3) is 3.20. The summed E-state index contributed by atoms with van der Waals surface area (Å²) in [6, 6.07) is 17.8. The van der Waals surface area contributed by atoms with Crippen molar-refractivity contribution < 1.29 is 14.3 Å². The summed E-state index contributed by atoms with van der Waals surface area (Å²) in [6.45, 7) is 0. The van der Waals surface area contributed by atoms with Gasteiger partial charge in [0.2, 0.25) is 0 Å². The first-order chi connectivity index (χ1) is 9.72. The highest BCUT2D eigenvalue weighted by Crippen LogP contribution is 2.17. The third-order valence-corrected chi connectivity index (χ3v) is 2.82. The minimum Gasteiger partial charge on any atom is -0.465 e. The summed E-state index contributed by atoms with van der Waals surface area (Å²) in [6.07, 6.45) is 1.32. The zero-order valence-corrected chi connectivity index (χ0v) is 11.1. The van der Waals surface area contributed by atoms with Gasteiger partial charge in [-0.1, -0.05) is 60.7 Å². The maximum Gasteiger partial charge on any atom is 0.338 e. The number of esters is 1. The van der Waals surface area contributed by atoms with Gasteiger partial charge in [0, 0.05) is 11.6 Å². The highest BCUT2D eigenvalue weighted by atomic mass is 16.5. The van der Waals surface area contributed by atoms with Crippen molar-refractivity contribution >= 4 is 17.3 Å². The van der Waals surface area contributed by atoms with E-state index in [1.165, 1.54) is 13.2 Å². The van der Waals surface area contributed by atoms with E-state index in [4.69, 9.17) is 4.74 Å². The van der Waals surface area contributed by atoms with Gasteiger partial charge in [0.25, 0.3) is 0 Å². The van der Waals surface area contributed by atoms with Crippen LogP contribution in [0.2, 0.25) is 0 Å². The number of carbonyl (C=O) groups is 2. The molecule has 0 unspecified atom stereocenters. The van der Waals surface area contributed by atoms with Crippen LogP contribution in [0, 0.1) is 0 Å². The molecule has 0 saturated carbocycles. The quantitative estimate of drug-likeness (QED) is 0.485. The molecule has 0 heterocycles. The van der Waals surface area contributed by atoms with E-state index in [9.17, 15) is 9.59 Å². The van der Waals surface area contributed by atoms with Crippen LogP contribution in [0.5, 0.6) is 0 Å². The predicted molar refractivity (Wildman–Crippen MR) is 77.2 cm³/mol. The van der Waals surface area contributed by atoms with Gasteiger partial charge in [-0.05, 0) is 5.56 Å². The van der Waals surface area contributed by atoms with Gasteiger partial charge in [0.05, 0.1) is 12.7 Å². The molecule has 0 aliphatic heterocycles. The minimum atomic E-state index is -0.527. The van der Waals surface area contributed by atoms with E-state index in [1.807, 2.05) is 12.1 Å². The minimum absolute atomic E-state index is 0.227. The number of ether oxygens (including phenoxy) is 1. The first-order valence-electron chi connectivity index (χ1n) is 6.17. The van der Waals surface area contributed by atoms with Crippen molar-refractivity contribution in [2.75, 3.05) is 7.11 Å². The molecule has 100 valence electrons. The molecule has 0 aliphatic carbocycles. The first-order valence-corrected chi connectivity index (χ1v) is 6.17. The monoisotopic (exact) mass is 266 g/mol. The molecule has 0 atom stereocenters. The van der Waals surface area contributed by atoms with E-state index in [0.29, 0.717) is 11.1 Å². The number of methoxy groups -OCH3 is 1. The molecule has 0 saturated heterocycles. The van der Waals surface area contributed by atoms with Gasteiger partial charge in [-0.2, -0.15) is 0 Å². The molecule has 3 nitrogen and oxygen atoms in total. The molecule has 0 aromatic heterocycles. The smallest absolute Gasteiger partial charge is 0.338 e. The molecule has 20 heavy (non-hydrogen) atoms. The standard InChI is InChI=1S/C17H14O3/c1-20-17(19)15(13-8-4-2-5-9-13)12-16(18)14-10-6-3-7-11-14/h2-12H,1H3/b15-12+. The van der Waals surface area contributed by atoms with Crippen molar-refractivity contribution in [2.45, 2.75) is 0 Å². The SMILES string of the molecule is COC(=O)/C(=C/C(=O)c1ccccc1)c1ccccc1. The van der Waals surface area contributed by atoms with Crippen LogP contribution in [0.4, 0.5) is 0 Å². The van der Waals surface area contributed by atoms with Crippen molar-refractivity contribution in [3.05, 3.63) is 77.9 Å². The van der Waals surface area contributed by atoms with Crippen LogP contribution in [-0.4, -0.2) is 18.9 Å². The topological polar surface area (TPSA) is 43.4 Å². The lowest BCUT2D eigenvalue weighted by Crippen LogP contribution is -2.07. The van der Waals surface area contributed by atoms with E-state index < -0.39 is 5.97 Å². The summed E-state index contributed by atoms with van der Waals surface area (Å²) in [5.41, 5.74) is 1.44. The van der Waals surface area contributed by atoms with Crippen molar-refractivity contribution in [3.63, 3.8) is 0 Å². The Bertz CT molecular complexity index is 628. The van der Waals surface area contributed by atoms with Crippen LogP contribution in [0.3, 0.4) is 0 Å². The summed E-state index contributed by atoms with van der Waals surface area (Å²) >= 11 is 0. The average Bonchev–Trinajstić information content (AvgIpc) is 2.53. The van der Waals surface area contributed by atoms with Gasteiger partial charge in [0.1, 0.15) is 0 Å². The number of benzene rings is 2. The summed E-state index contributed by atoms with van der Waals surface area (Å²) in [5.74, 6) is -0.754. The molecule has 2 rings (SSSR count). The Morgan fingerprint density at radius 1 is 0.850 bits per heavy atom. The maximum absolute atomic E-state index is 12.2. The molecule has 2 aromatic carbocycles. The number of allylic oxidation sites excluding steroid dienone is 1. The van der Waals surface area contributed by atoms with Crippen molar-refractivity contribution in [3.8, 4) is 0 Å². The second-order valence-electron chi connectivity index (χ2n) is 4.15. The van der Waals surface area contributed by atoms with Gasteiger partial charge in [-0.15, -0.1) is 0 Å². The Morgan fingerprint density at radius 2 is 1.35 bits per heavy atom.